The van der Waals surface area contributed by atoms with Gasteiger partial charge >= 0.3 is 5.97 Å². The summed E-state index contributed by atoms with van der Waals surface area (Å²) >= 11 is 0. The fourth-order valence-electron chi connectivity index (χ4n) is 1.30. The number of nitrogens with zero attached hydrogens (tertiary/aromatic N) is 2. The number of carboxylic acids is 1. The lowest BCUT2D eigenvalue weighted by Crippen LogP contribution is -2.31. The Balaban J connectivity index is 2.24. The molecule has 1 rings (SSSR count). The summed E-state index contributed by atoms with van der Waals surface area (Å²) < 4.78 is 1.68. The van der Waals surface area contributed by atoms with Crippen molar-refractivity contribution in [1.29, 1.82) is 0 Å². The lowest BCUT2D eigenvalue weighted by molar-refractivity contribution is -0.141. The molecule has 1 aromatic rings. The summed E-state index contributed by atoms with van der Waals surface area (Å²) in [4.78, 5) is 22.0. The Hall–Kier alpha value is -1.85. The smallest absolute Gasteiger partial charge is 0.308 e. The van der Waals surface area contributed by atoms with Crippen molar-refractivity contribution < 1.29 is 14.7 Å². The van der Waals surface area contributed by atoms with Gasteiger partial charge in [-0.1, -0.05) is 6.92 Å². The summed E-state index contributed by atoms with van der Waals surface area (Å²) in [6.45, 7) is 1.73. The van der Waals surface area contributed by atoms with Crippen LogP contribution in [0.1, 0.15) is 18.9 Å². The third-order valence-electron chi connectivity index (χ3n) is 2.43. The number of carboxylic acid groups (broad SMARTS) is 1. The molecule has 0 bridgehead atoms. The number of carbonyl (C=O) groups excluding carboxylic acids is 1. The van der Waals surface area contributed by atoms with Crippen LogP contribution in [0.15, 0.2) is 12.4 Å². The molecule has 1 atom stereocenters. The van der Waals surface area contributed by atoms with Gasteiger partial charge in [-0.25, -0.2) is 0 Å². The normalized spacial score (nSPS) is 12.1. The fraction of sp³-hybridized carbons (Fsp3) is 0.545. The standard InChI is InChI=1S/C11H17N3O3/c1-8(11(16)17)5-12-10(15)4-3-9-6-13-14(2)7-9/h6-8H,3-5H2,1-2H3,(H,12,15)(H,16,17). The van der Waals surface area contributed by atoms with E-state index in [9.17, 15) is 9.59 Å². The molecule has 0 fully saturated rings. The highest BCUT2D eigenvalue weighted by Crippen LogP contribution is 2.01. The number of hydrogen-bond acceptors (Lipinski definition) is 3. The lowest BCUT2D eigenvalue weighted by atomic mass is 10.1. The number of rotatable bonds is 6. The topological polar surface area (TPSA) is 84.2 Å². The molecule has 6 nitrogen and oxygen atoms in total. The molecular formula is C11H17N3O3. The average molecular weight is 239 g/mol. The molecule has 1 heterocycles. The number of aromatic nitrogens is 2. The Bertz CT molecular complexity index is 400. The summed E-state index contributed by atoms with van der Waals surface area (Å²) in [5, 5.41) is 15.2. The summed E-state index contributed by atoms with van der Waals surface area (Å²) in [5.41, 5.74) is 0.994. The van der Waals surface area contributed by atoms with Crippen LogP contribution in [0.25, 0.3) is 0 Å². The van der Waals surface area contributed by atoms with E-state index in [-0.39, 0.29) is 12.5 Å². The van der Waals surface area contributed by atoms with Crippen molar-refractivity contribution in [2.24, 2.45) is 13.0 Å². The molecule has 2 N–H and O–H groups in total. The molecule has 0 aromatic carbocycles. The molecule has 0 spiro atoms. The maximum atomic E-state index is 11.4. The average Bonchev–Trinajstić information content (AvgIpc) is 2.69. The van der Waals surface area contributed by atoms with Crippen molar-refractivity contribution >= 4 is 11.9 Å². The Morgan fingerprint density at radius 3 is 2.82 bits per heavy atom. The molecule has 6 heteroatoms. The van der Waals surface area contributed by atoms with Gasteiger partial charge in [-0.05, 0) is 12.0 Å². The number of hydrogen-bond donors (Lipinski definition) is 2. The number of aryl methyl sites for hydroxylation is 2. The van der Waals surface area contributed by atoms with Gasteiger partial charge in [-0.2, -0.15) is 5.10 Å². The van der Waals surface area contributed by atoms with E-state index in [1.165, 1.54) is 0 Å². The van der Waals surface area contributed by atoms with Gasteiger partial charge in [-0.3, -0.25) is 14.3 Å². The maximum Gasteiger partial charge on any atom is 0.308 e. The van der Waals surface area contributed by atoms with E-state index < -0.39 is 11.9 Å². The van der Waals surface area contributed by atoms with Gasteiger partial charge in [0.25, 0.3) is 0 Å². The van der Waals surface area contributed by atoms with Crippen LogP contribution in [-0.4, -0.2) is 33.3 Å². The molecule has 0 saturated heterocycles. The van der Waals surface area contributed by atoms with Gasteiger partial charge in [-0.15, -0.1) is 0 Å². The molecule has 94 valence electrons. The van der Waals surface area contributed by atoms with E-state index in [1.54, 1.807) is 17.8 Å². The van der Waals surface area contributed by atoms with Gasteiger partial charge in [0, 0.05) is 26.2 Å². The first-order chi connectivity index (χ1) is 7.99. The van der Waals surface area contributed by atoms with Crippen molar-refractivity contribution in [2.45, 2.75) is 19.8 Å². The highest BCUT2D eigenvalue weighted by molar-refractivity contribution is 5.77. The van der Waals surface area contributed by atoms with E-state index in [2.05, 4.69) is 10.4 Å². The van der Waals surface area contributed by atoms with Gasteiger partial charge in [0.2, 0.25) is 5.91 Å². The Kier molecular flexibility index (Phi) is 4.68. The first-order valence-corrected chi connectivity index (χ1v) is 5.46. The highest BCUT2D eigenvalue weighted by atomic mass is 16.4. The van der Waals surface area contributed by atoms with Gasteiger partial charge in [0.05, 0.1) is 12.1 Å². The third kappa shape index (κ3) is 4.67. The van der Waals surface area contributed by atoms with Crippen LogP contribution in [-0.2, 0) is 23.1 Å². The van der Waals surface area contributed by atoms with Crippen LogP contribution in [0.2, 0.25) is 0 Å². The molecule has 1 aromatic heterocycles. The first-order valence-electron chi connectivity index (χ1n) is 5.46. The van der Waals surface area contributed by atoms with Crippen molar-refractivity contribution in [3.05, 3.63) is 18.0 Å². The SMILES string of the molecule is CC(CNC(=O)CCc1cnn(C)c1)C(=O)O. The predicted molar refractivity (Wildman–Crippen MR) is 61.3 cm³/mol. The third-order valence-corrected chi connectivity index (χ3v) is 2.43. The van der Waals surface area contributed by atoms with Crippen LogP contribution in [0.5, 0.6) is 0 Å². The van der Waals surface area contributed by atoms with Crippen LogP contribution < -0.4 is 5.32 Å². The molecule has 0 aliphatic carbocycles. The van der Waals surface area contributed by atoms with Gasteiger partial charge in [0.15, 0.2) is 0 Å². The molecule has 1 amide bonds. The second kappa shape index (κ2) is 6.03. The molecule has 0 aliphatic rings. The van der Waals surface area contributed by atoms with Crippen LogP contribution in [0.3, 0.4) is 0 Å². The van der Waals surface area contributed by atoms with Gasteiger partial charge < -0.3 is 10.4 Å². The van der Waals surface area contributed by atoms with Crippen molar-refractivity contribution in [3.8, 4) is 0 Å². The first kappa shape index (κ1) is 13.2. The summed E-state index contributed by atoms with van der Waals surface area (Å²) in [5.74, 6) is -1.60. The summed E-state index contributed by atoms with van der Waals surface area (Å²) in [6.07, 6.45) is 4.53. The number of nitrogens with one attached hydrogen (secondary N) is 1. The molecule has 1 unspecified atom stereocenters. The van der Waals surface area contributed by atoms with E-state index >= 15 is 0 Å². The molecule has 17 heavy (non-hydrogen) atoms. The molecular weight excluding hydrogens is 222 g/mol. The van der Waals surface area contributed by atoms with Crippen molar-refractivity contribution in [3.63, 3.8) is 0 Å². The minimum atomic E-state index is -0.905. The van der Waals surface area contributed by atoms with E-state index in [0.29, 0.717) is 12.8 Å². The monoisotopic (exact) mass is 239 g/mol. The van der Waals surface area contributed by atoms with E-state index in [0.717, 1.165) is 5.56 Å². The second-order valence-electron chi connectivity index (χ2n) is 4.07. The van der Waals surface area contributed by atoms with Gasteiger partial charge in [0.1, 0.15) is 0 Å². The number of carbonyl (C=O) groups is 2. The van der Waals surface area contributed by atoms with Crippen LogP contribution in [0.4, 0.5) is 0 Å². The van der Waals surface area contributed by atoms with Crippen LogP contribution >= 0.6 is 0 Å². The molecule has 0 radical (unpaired) electrons. The molecule has 0 saturated carbocycles. The lowest BCUT2D eigenvalue weighted by Gasteiger charge is -2.07. The zero-order valence-corrected chi connectivity index (χ0v) is 10.0. The Morgan fingerprint density at radius 1 is 1.59 bits per heavy atom. The van der Waals surface area contributed by atoms with Crippen molar-refractivity contribution in [1.82, 2.24) is 15.1 Å². The minimum Gasteiger partial charge on any atom is -0.481 e. The zero-order valence-electron chi connectivity index (χ0n) is 10.0. The summed E-state index contributed by atoms with van der Waals surface area (Å²) in [7, 11) is 1.82. The van der Waals surface area contributed by atoms with Crippen molar-refractivity contribution in [2.75, 3.05) is 6.54 Å². The Morgan fingerprint density at radius 2 is 2.29 bits per heavy atom. The fourth-order valence-corrected chi connectivity index (χ4v) is 1.30. The van der Waals surface area contributed by atoms with E-state index in [1.807, 2.05) is 13.2 Å². The largest absolute Gasteiger partial charge is 0.481 e. The number of aliphatic carboxylic acids is 1. The molecule has 0 aliphatic heterocycles. The Labute approximate surface area is 99.6 Å². The maximum absolute atomic E-state index is 11.4. The second-order valence-corrected chi connectivity index (χ2v) is 4.07. The number of amides is 1. The highest BCUT2D eigenvalue weighted by Gasteiger charge is 2.12. The van der Waals surface area contributed by atoms with E-state index in [4.69, 9.17) is 5.11 Å². The predicted octanol–water partition coefficient (Wildman–Crippen LogP) is 0.190. The summed E-state index contributed by atoms with van der Waals surface area (Å²) in [6, 6.07) is 0. The van der Waals surface area contributed by atoms with Crippen LogP contribution in [0, 0.1) is 5.92 Å². The minimum absolute atomic E-state index is 0.137. The quantitative estimate of drug-likeness (QED) is 0.742. The zero-order chi connectivity index (χ0) is 12.8.